The minimum absolute atomic E-state index is 0.0663. The Balaban J connectivity index is 1.53. The van der Waals surface area contributed by atoms with Crippen molar-refractivity contribution in [3.05, 3.63) is 47.8 Å². The second-order valence-electron chi connectivity index (χ2n) is 8.70. The first kappa shape index (κ1) is 25.3. The maximum absolute atomic E-state index is 12.8. The minimum Gasteiger partial charge on any atom is -0.484 e. The average Bonchev–Trinajstić information content (AvgIpc) is 3.21. The van der Waals surface area contributed by atoms with E-state index in [0.29, 0.717) is 22.2 Å². The molecule has 0 radical (unpaired) electrons. The summed E-state index contributed by atoms with van der Waals surface area (Å²) in [7, 11) is 0. The summed E-state index contributed by atoms with van der Waals surface area (Å²) in [5.74, 6) is 0.263. The van der Waals surface area contributed by atoms with Crippen molar-refractivity contribution in [2.24, 2.45) is 5.92 Å². The highest BCUT2D eigenvalue weighted by Gasteiger charge is 2.29. The summed E-state index contributed by atoms with van der Waals surface area (Å²) in [5.41, 5.74) is 2.75. The van der Waals surface area contributed by atoms with Gasteiger partial charge in [-0.05, 0) is 44.9 Å². The Kier molecular flexibility index (Phi) is 7.88. The van der Waals surface area contributed by atoms with Crippen LogP contribution in [0.25, 0.3) is 11.0 Å². The van der Waals surface area contributed by atoms with Crippen LogP contribution in [0.2, 0.25) is 0 Å². The van der Waals surface area contributed by atoms with E-state index < -0.39 is 19.0 Å². The Morgan fingerprint density at radius 3 is 2.69 bits per heavy atom. The Bertz CT molecular complexity index is 1180. The third kappa shape index (κ3) is 6.28. The van der Waals surface area contributed by atoms with Crippen LogP contribution in [0.4, 0.5) is 13.2 Å². The number of para-hydroxylation sites is 2. The number of fused-ring (bicyclic) bond motifs is 1. The van der Waals surface area contributed by atoms with Crippen molar-refractivity contribution >= 4 is 28.8 Å². The topological polar surface area (TPSA) is 66.2 Å². The number of halogens is 3. The number of rotatable bonds is 8. The fourth-order valence-corrected chi connectivity index (χ4v) is 5.39. The molecule has 1 fully saturated rings. The average molecular weight is 508 g/mol. The molecule has 1 aliphatic carbocycles. The van der Waals surface area contributed by atoms with Crippen molar-refractivity contribution in [2.45, 2.75) is 69.3 Å². The number of hydrogen-bond donors (Lipinski definition) is 0. The molecule has 4 rings (SSSR count). The zero-order valence-electron chi connectivity index (χ0n) is 19.7. The number of carbonyl (C=O) groups is 1. The normalized spacial score (nSPS) is 15.8. The van der Waals surface area contributed by atoms with Gasteiger partial charge in [0.1, 0.15) is 5.75 Å². The lowest BCUT2D eigenvalue weighted by atomic mass is 9.89. The first-order valence-corrected chi connectivity index (χ1v) is 12.7. The standard InChI is InChI=1S/C25H28F3N3O3S/c1-16-20(29-13-12-22(16)33-15-25(26,27)28)14-35-24-30-19-10-6-7-11-21(19)31(24)17(2)34-23(32)18-8-4-3-5-9-18/h6-7,10-13,17-18H,3-5,8-9,14-15H2,1-2H3. The summed E-state index contributed by atoms with van der Waals surface area (Å²) in [5, 5.41) is 0.637. The molecule has 35 heavy (non-hydrogen) atoms. The highest BCUT2D eigenvalue weighted by atomic mass is 32.2. The van der Waals surface area contributed by atoms with Gasteiger partial charge in [-0.15, -0.1) is 0 Å². The summed E-state index contributed by atoms with van der Waals surface area (Å²) in [6.45, 7) is 2.16. The van der Waals surface area contributed by atoms with Crippen molar-refractivity contribution in [3.63, 3.8) is 0 Å². The lowest BCUT2D eigenvalue weighted by Crippen LogP contribution is -2.24. The van der Waals surface area contributed by atoms with Gasteiger partial charge in [0.25, 0.3) is 0 Å². The molecular formula is C25H28F3N3O3S. The first-order valence-electron chi connectivity index (χ1n) is 11.7. The van der Waals surface area contributed by atoms with E-state index >= 15 is 0 Å². The van der Waals surface area contributed by atoms with Gasteiger partial charge in [0, 0.05) is 17.5 Å². The Hall–Kier alpha value is -2.75. The SMILES string of the molecule is Cc1c(OCC(F)(F)F)ccnc1CSc1nc2ccccc2n1C(C)OC(=O)C1CCCCC1. The van der Waals surface area contributed by atoms with Gasteiger partial charge in [0.2, 0.25) is 0 Å². The fourth-order valence-electron chi connectivity index (χ4n) is 4.28. The molecule has 0 saturated heterocycles. The van der Waals surface area contributed by atoms with Crippen LogP contribution in [0, 0.1) is 12.8 Å². The lowest BCUT2D eigenvalue weighted by molar-refractivity contribution is -0.159. The van der Waals surface area contributed by atoms with E-state index in [9.17, 15) is 18.0 Å². The van der Waals surface area contributed by atoms with Gasteiger partial charge in [-0.2, -0.15) is 13.2 Å². The number of carbonyl (C=O) groups excluding carboxylic acids is 1. The van der Waals surface area contributed by atoms with E-state index in [0.717, 1.165) is 43.1 Å². The second-order valence-corrected chi connectivity index (χ2v) is 9.64. The molecule has 6 nitrogen and oxygen atoms in total. The smallest absolute Gasteiger partial charge is 0.422 e. The molecular weight excluding hydrogens is 479 g/mol. The summed E-state index contributed by atoms with van der Waals surface area (Å²) in [6, 6.07) is 9.03. The van der Waals surface area contributed by atoms with E-state index in [4.69, 9.17) is 14.5 Å². The van der Waals surface area contributed by atoms with Crippen molar-refractivity contribution < 1.29 is 27.4 Å². The lowest BCUT2D eigenvalue weighted by Gasteiger charge is -2.24. The Morgan fingerprint density at radius 2 is 1.94 bits per heavy atom. The zero-order chi connectivity index (χ0) is 25.0. The minimum atomic E-state index is -4.42. The van der Waals surface area contributed by atoms with Gasteiger partial charge in [-0.1, -0.05) is 43.2 Å². The van der Waals surface area contributed by atoms with E-state index in [1.54, 1.807) is 6.92 Å². The number of alkyl halides is 3. The first-order chi connectivity index (χ1) is 16.7. The summed E-state index contributed by atoms with van der Waals surface area (Å²) in [6.07, 6.45) is 1.41. The van der Waals surface area contributed by atoms with Gasteiger partial charge in [-0.3, -0.25) is 14.3 Å². The van der Waals surface area contributed by atoms with E-state index in [1.165, 1.54) is 24.0 Å². The van der Waals surface area contributed by atoms with Crippen LogP contribution < -0.4 is 4.74 Å². The number of aromatic nitrogens is 3. The largest absolute Gasteiger partial charge is 0.484 e. The van der Waals surface area contributed by atoms with E-state index in [2.05, 4.69) is 4.98 Å². The van der Waals surface area contributed by atoms with Gasteiger partial charge in [-0.25, -0.2) is 4.98 Å². The van der Waals surface area contributed by atoms with Crippen LogP contribution in [0.15, 0.2) is 41.7 Å². The van der Waals surface area contributed by atoms with Crippen LogP contribution in [0.1, 0.15) is 56.5 Å². The summed E-state index contributed by atoms with van der Waals surface area (Å²) in [4.78, 5) is 21.8. The predicted octanol–water partition coefficient (Wildman–Crippen LogP) is 6.62. The fraction of sp³-hybridized carbons (Fsp3) is 0.480. The highest BCUT2D eigenvalue weighted by molar-refractivity contribution is 7.98. The molecule has 0 spiro atoms. The molecule has 0 aliphatic heterocycles. The van der Waals surface area contributed by atoms with Crippen LogP contribution in [-0.4, -0.2) is 33.3 Å². The predicted molar refractivity (Wildman–Crippen MR) is 127 cm³/mol. The molecule has 1 aliphatic rings. The third-order valence-corrected chi connectivity index (χ3v) is 7.10. The van der Waals surface area contributed by atoms with Crippen LogP contribution in [0.5, 0.6) is 5.75 Å². The molecule has 10 heteroatoms. The van der Waals surface area contributed by atoms with Crippen molar-refractivity contribution in [1.82, 2.24) is 14.5 Å². The molecule has 2 aromatic heterocycles. The summed E-state index contributed by atoms with van der Waals surface area (Å²) < 4.78 is 50.5. The number of benzene rings is 1. The number of pyridine rings is 1. The molecule has 3 aromatic rings. The maximum atomic E-state index is 12.8. The second kappa shape index (κ2) is 10.9. The molecule has 1 saturated carbocycles. The Morgan fingerprint density at radius 1 is 1.20 bits per heavy atom. The molecule has 1 aromatic carbocycles. The van der Waals surface area contributed by atoms with Crippen LogP contribution >= 0.6 is 11.8 Å². The number of nitrogens with zero attached hydrogens (tertiary/aromatic N) is 3. The van der Waals surface area contributed by atoms with Gasteiger partial charge < -0.3 is 9.47 Å². The number of ether oxygens (including phenoxy) is 2. The number of imidazole rings is 1. The monoisotopic (exact) mass is 507 g/mol. The van der Waals surface area contributed by atoms with Crippen molar-refractivity contribution in [3.8, 4) is 5.75 Å². The molecule has 0 bridgehead atoms. The van der Waals surface area contributed by atoms with Gasteiger partial charge in [0.15, 0.2) is 18.0 Å². The van der Waals surface area contributed by atoms with Crippen molar-refractivity contribution in [1.29, 1.82) is 0 Å². The van der Waals surface area contributed by atoms with Crippen molar-refractivity contribution in [2.75, 3.05) is 6.61 Å². The quantitative estimate of drug-likeness (QED) is 0.252. The molecule has 1 unspecified atom stereocenters. The number of thioether (sulfide) groups is 1. The molecule has 1 atom stereocenters. The summed E-state index contributed by atoms with van der Waals surface area (Å²) >= 11 is 1.38. The molecule has 188 valence electrons. The molecule has 0 amide bonds. The number of hydrogen-bond acceptors (Lipinski definition) is 6. The number of esters is 1. The van der Waals surface area contributed by atoms with E-state index in [-0.39, 0.29) is 17.6 Å². The zero-order valence-corrected chi connectivity index (χ0v) is 20.5. The van der Waals surface area contributed by atoms with Crippen LogP contribution in [-0.2, 0) is 15.3 Å². The molecule has 2 heterocycles. The third-order valence-electron chi connectivity index (χ3n) is 6.14. The van der Waals surface area contributed by atoms with Crippen LogP contribution in [0.3, 0.4) is 0 Å². The molecule has 0 N–H and O–H groups in total. The highest BCUT2D eigenvalue weighted by Crippen LogP contribution is 2.33. The van der Waals surface area contributed by atoms with Gasteiger partial charge in [0.05, 0.1) is 22.6 Å². The van der Waals surface area contributed by atoms with Gasteiger partial charge >= 0.3 is 12.1 Å². The maximum Gasteiger partial charge on any atom is 0.422 e. The van der Waals surface area contributed by atoms with E-state index in [1.807, 2.05) is 35.8 Å². The Labute approximate surface area is 206 Å².